The van der Waals surface area contributed by atoms with Crippen LogP contribution in [-0.2, 0) is 21.1 Å². The Labute approximate surface area is 78.4 Å². The van der Waals surface area contributed by atoms with E-state index >= 15 is 0 Å². The van der Waals surface area contributed by atoms with Crippen LogP contribution >= 0.6 is 0 Å². The first-order chi connectivity index (χ1) is 4.05. The quantitative estimate of drug-likeness (QED) is 0.516. The van der Waals surface area contributed by atoms with Gasteiger partial charge in [-0.3, -0.25) is 0 Å². The van der Waals surface area contributed by atoms with Crippen LogP contribution in [0.15, 0.2) is 12.7 Å². The van der Waals surface area contributed by atoms with E-state index in [2.05, 4.69) is 33.4 Å². The summed E-state index contributed by atoms with van der Waals surface area (Å²) < 4.78 is 0. The van der Waals surface area contributed by atoms with E-state index in [1.807, 2.05) is 0 Å². The van der Waals surface area contributed by atoms with Crippen LogP contribution in [0.25, 0.3) is 0 Å². The third kappa shape index (κ3) is 2.23. The van der Waals surface area contributed by atoms with Gasteiger partial charge in [0.2, 0.25) is 0 Å². The summed E-state index contributed by atoms with van der Waals surface area (Å²) >= 11 is 0. The molecular formula is C9H15W-. The van der Waals surface area contributed by atoms with Crippen molar-refractivity contribution in [2.75, 3.05) is 0 Å². The molecule has 0 aromatic heterocycles. The van der Waals surface area contributed by atoms with Gasteiger partial charge in [-0.05, 0) is 0 Å². The molecule has 1 saturated carbocycles. The van der Waals surface area contributed by atoms with Crippen LogP contribution < -0.4 is 0 Å². The maximum atomic E-state index is 3.77. The molecule has 0 N–H and O–H groups in total. The molecule has 58 valence electrons. The molecule has 0 spiro atoms. The topological polar surface area (TPSA) is 0 Å². The molecule has 0 aromatic rings. The maximum absolute atomic E-state index is 3.77. The van der Waals surface area contributed by atoms with Gasteiger partial charge in [-0.2, -0.15) is 17.8 Å². The summed E-state index contributed by atoms with van der Waals surface area (Å²) in [5.74, 6) is 2.41. The van der Waals surface area contributed by atoms with E-state index in [-0.39, 0.29) is 21.1 Å². The minimum Gasteiger partial charge on any atom is -0.306 e. The average molecular weight is 307 g/mol. The van der Waals surface area contributed by atoms with Crippen molar-refractivity contribution < 1.29 is 21.1 Å². The van der Waals surface area contributed by atoms with Crippen LogP contribution in [0.5, 0.6) is 0 Å². The maximum Gasteiger partial charge on any atom is 0 e. The normalized spacial score (nSPS) is 25.3. The summed E-state index contributed by atoms with van der Waals surface area (Å²) in [4.78, 5) is 0. The third-order valence-corrected chi connectivity index (χ3v) is 1.98. The first-order valence-corrected chi connectivity index (χ1v) is 3.54. The smallest absolute Gasteiger partial charge is 0 e. The van der Waals surface area contributed by atoms with Crippen LogP contribution in [-0.4, -0.2) is 0 Å². The van der Waals surface area contributed by atoms with Gasteiger partial charge in [0.25, 0.3) is 0 Å². The Hall–Kier alpha value is 0.428. The number of hydrogen-bond acceptors (Lipinski definition) is 0. The van der Waals surface area contributed by atoms with Crippen molar-refractivity contribution >= 4 is 0 Å². The van der Waals surface area contributed by atoms with Crippen molar-refractivity contribution in [2.24, 2.45) is 11.3 Å². The second kappa shape index (κ2) is 3.22. The van der Waals surface area contributed by atoms with E-state index in [0.717, 1.165) is 5.92 Å². The van der Waals surface area contributed by atoms with Crippen molar-refractivity contribution in [3.8, 4) is 0 Å². The fraction of sp³-hybridized carbons (Fsp3) is 0.667. The van der Waals surface area contributed by atoms with Crippen molar-refractivity contribution in [3.05, 3.63) is 18.6 Å². The van der Waals surface area contributed by atoms with Gasteiger partial charge < -0.3 is 5.92 Å². The minimum absolute atomic E-state index is 0. The predicted molar refractivity (Wildman–Crippen MR) is 41.0 cm³/mol. The Morgan fingerprint density at radius 3 is 2.10 bits per heavy atom. The molecule has 1 aliphatic carbocycles. The zero-order valence-electron chi connectivity index (χ0n) is 6.98. The summed E-state index contributed by atoms with van der Waals surface area (Å²) in [6.45, 7) is 10.6. The molecule has 1 unspecified atom stereocenters. The number of hydrogen-bond donors (Lipinski definition) is 0. The van der Waals surface area contributed by atoms with Crippen LogP contribution in [0.1, 0.15) is 27.2 Å². The van der Waals surface area contributed by atoms with Gasteiger partial charge in [0, 0.05) is 21.1 Å². The second-order valence-electron chi connectivity index (χ2n) is 3.82. The summed E-state index contributed by atoms with van der Waals surface area (Å²) in [7, 11) is 0. The molecule has 1 heteroatoms. The second-order valence-corrected chi connectivity index (χ2v) is 3.82. The van der Waals surface area contributed by atoms with E-state index < -0.39 is 0 Å². The number of rotatable bonds is 1. The van der Waals surface area contributed by atoms with Crippen molar-refractivity contribution in [2.45, 2.75) is 27.2 Å². The van der Waals surface area contributed by atoms with E-state index in [1.54, 1.807) is 5.92 Å². The SMILES string of the molecule is C=CC1C[C-]1C(C)(C)C.[W]. The molecule has 10 heavy (non-hydrogen) atoms. The molecule has 0 amide bonds. The molecule has 0 nitrogen and oxygen atoms in total. The zero-order valence-corrected chi connectivity index (χ0v) is 9.91. The van der Waals surface area contributed by atoms with Gasteiger partial charge in [0.05, 0.1) is 0 Å². The molecule has 0 bridgehead atoms. The minimum atomic E-state index is 0. The molecule has 0 saturated heterocycles. The van der Waals surface area contributed by atoms with Crippen molar-refractivity contribution in [1.29, 1.82) is 0 Å². The Bertz CT molecular complexity index is 121. The van der Waals surface area contributed by atoms with E-state index in [9.17, 15) is 0 Å². The summed E-state index contributed by atoms with van der Waals surface area (Å²) in [6, 6.07) is 0. The monoisotopic (exact) mass is 307 g/mol. The molecule has 0 aromatic carbocycles. The Morgan fingerprint density at radius 1 is 1.50 bits per heavy atom. The molecule has 0 heterocycles. The van der Waals surface area contributed by atoms with Crippen LogP contribution in [0.3, 0.4) is 0 Å². The standard InChI is InChI=1S/C9H15.W/c1-5-7-6-8(7)9(2,3)4;/h5,7H,1,6H2,2-4H3;/q-1;. The van der Waals surface area contributed by atoms with Crippen molar-refractivity contribution in [3.63, 3.8) is 0 Å². The van der Waals surface area contributed by atoms with Gasteiger partial charge in [-0.25, -0.2) is 0 Å². The number of allylic oxidation sites excluding steroid dienone is 1. The first kappa shape index (κ1) is 10.4. The van der Waals surface area contributed by atoms with E-state index in [0.29, 0.717) is 5.41 Å². The van der Waals surface area contributed by atoms with Gasteiger partial charge in [0.1, 0.15) is 0 Å². The Morgan fingerprint density at radius 2 is 2.00 bits per heavy atom. The van der Waals surface area contributed by atoms with Crippen LogP contribution in [0, 0.1) is 17.3 Å². The predicted octanol–water partition coefficient (Wildman–Crippen LogP) is 2.81. The summed E-state index contributed by atoms with van der Waals surface area (Å²) in [6.07, 6.45) is 3.34. The molecule has 1 rings (SSSR count). The molecule has 1 fully saturated rings. The first-order valence-electron chi connectivity index (χ1n) is 3.54. The van der Waals surface area contributed by atoms with E-state index in [4.69, 9.17) is 0 Å². The molecule has 1 atom stereocenters. The fourth-order valence-electron chi connectivity index (χ4n) is 1.27. The molecule has 0 aliphatic heterocycles. The molecular weight excluding hydrogens is 292 g/mol. The Kier molecular flexibility index (Phi) is 3.36. The Balaban J connectivity index is 0.000000810. The van der Waals surface area contributed by atoms with Gasteiger partial charge in [0.15, 0.2) is 0 Å². The molecule has 0 radical (unpaired) electrons. The van der Waals surface area contributed by atoms with E-state index in [1.165, 1.54) is 6.42 Å². The zero-order chi connectivity index (χ0) is 7.07. The fourth-order valence-corrected chi connectivity index (χ4v) is 1.27. The van der Waals surface area contributed by atoms with Gasteiger partial charge in [-0.15, -0.1) is 12.7 Å². The van der Waals surface area contributed by atoms with Crippen molar-refractivity contribution in [1.82, 2.24) is 0 Å². The average Bonchev–Trinajstić information content (AvgIpc) is 2.39. The van der Waals surface area contributed by atoms with Gasteiger partial charge >= 0.3 is 0 Å². The molecule has 1 aliphatic rings. The van der Waals surface area contributed by atoms with Crippen LogP contribution in [0.2, 0.25) is 0 Å². The largest absolute Gasteiger partial charge is 0.306 e. The van der Waals surface area contributed by atoms with Gasteiger partial charge in [-0.1, -0.05) is 20.8 Å². The van der Waals surface area contributed by atoms with Crippen LogP contribution in [0.4, 0.5) is 0 Å². The summed E-state index contributed by atoms with van der Waals surface area (Å²) in [5, 5.41) is 0. The third-order valence-electron chi connectivity index (χ3n) is 1.98. The summed E-state index contributed by atoms with van der Waals surface area (Å²) in [5.41, 5.74) is 0.429.